The number of alkyl halides is 1. The largest absolute Gasteiger partial charge is 0.388 e. The molecule has 0 heterocycles. The van der Waals surface area contributed by atoms with Gasteiger partial charge in [0.05, 0.1) is 12.0 Å². The molecule has 1 aromatic carbocycles. The van der Waals surface area contributed by atoms with Gasteiger partial charge in [-0.2, -0.15) is 0 Å². The summed E-state index contributed by atoms with van der Waals surface area (Å²) in [7, 11) is 0. The second-order valence-corrected chi connectivity index (χ2v) is 2.80. The lowest BCUT2D eigenvalue weighted by atomic mass is 10.2. The van der Waals surface area contributed by atoms with Crippen LogP contribution < -0.4 is 0 Å². The van der Waals surface area contributed by atoms with Crippen LogP contribution in [0.4, 0.5) is 0 Å². The minimum Gasteiger partial charge on any atom is -0.388 e. The lowest BCUT2D eigenvalue weighted by molar-refractivity contribution is 0.248. The fraction of sp³-hybridized carbons (Fsp3) is 0.200. The summed E-state index contributed by atoms with van der Waals surface area (Å²) in [6.45, 7) is 0. The Bertz CT molecular complexity index is 243. The third-order valence-corrected chi connectivity index (χ3v) is 1.78. The van der Waals surface area contributed by atoms with E-state index in [0.717, 1.165) is 5.56 Å². The molecule has 12 heavy (non-hydrogen) atoms. The molecular weight excluding hydrogens is 172 g/mol. The van der Waals surface area contributed by atoms with Gasteiger partial charge in [-0.1, -0.05) is 42.5 Å². The highest BCUT2D eigenvalue weighted by Gasteiger charge is 1.93. The lowest BCUT2D eigenvalue weighted by Crippen LogP contribution is -2.02. The van der Waals surface area contributed by atoms with Crippen LogP contribution in [0.15, 0.2) is 36.4 Å². The van der Waals surface area contributed by atoms with Gasteiger partial charge < -0.3 is 5.11 Å². The first-order chi connectivity index (χ1) is 5.83. The van der Waals surface area contributed by atoms with Crippen molar-refractivity contribution >= 4 is 17.7 Å². The third kappa shape index (κ3) is 3.07. The highest BCUT2D eigenvalue weighted by atomic mass is 35.5. The molecule has 1 atom stereocenters. The van der Waals surface area contributed by atoms with Crippen molar-refractivity contribution in [1.82, 2.24) is 0 Å². The molecule has 0 spiro atoms. The molecular formula is C10H11ClO. The molecule has 1 nitrogen and oxygen atoms in total. The van der Waals surface area contributed by atoms with E-state index in [1.54, 1.807) is 6.08 Å². The van der Waals surface area contributed by atoms with Crippen molar-refractivity contribution in [3.8, 4) is 0 Å². The average Bonchev–Trinajstić information content (AvgIpc) is 2.16. The van der Waals surface area contributed by atoms with Crippen LogP contribution in [0.1, 0.15) is 5.56 Å². The van der Waals surface area contributed by atoms with E-state index < -0.39 is 6.10 Å². The van der Waals surface area contributed by atoms with Gasteiger partial charge in [0.25, 0.3) is 0 Å². The lowest BCUT2D eigenvalue weighted by Gasteiger charge is -1.97. The van der Waals surface area contributed by atoms with Gasteiger partial charge in [-0.05, 0) is 5.56 Å². The van der Waals surface area contributed by atoms with E-state index in [0.29, 0.717) is 0 Å². The van der Waals surface area contributed by atoms with Gasteiger partial charge >= 0.3 is 0 Å². The summed E-state index contributed by atoms with van der Waals surface area (Å²) in [6, 6.07) is 9.80. The van der Waals surface area contributed by atoms with Crippen molar-refractivity contribution in [2.24, 2.45) is 0 Å². The third-order valence-electron chi connectivity index (χ3n) is 1.47. The van der Waals surface area contributed by atoms with Crippen LogP contribution in [-0.2, 0) is 0 Å². The molecule has 1 rings (SSSR count). The number of benzene rings is 1. The first kappa shape index (κ1) is 9.30. The van der Waals surface area contributed by atoms with Crippen molar-refractivity contribution in [2.75, 3.05) is 5.88 Å². The smallest absolute Gasteiger partial charge is 0.0859 e. The Hall–Kier alpha value is -0.790. The van der Waals surface area contributed by atoms with Crippen molar-refractivity contribution in [3.63, 3.8) is 0 Å². The maximum absolute atomic E-state index is 9.10. The normalized spacial score (nSPS) is 13.5. The zero-order valence-electron chi connectivity index (χ0n) is 6.65. The summed E-state index contributed by atoms with van der Waals surface area (Å²) >= 11 is 5.42. The average molecular weight is 183 g/mol. The molecule has 0 aliphatic heterocycles. The zero-order valence-corrected chi connectivity index (χ0v) is 7.41. The Morgan fingerprint density at radius 1 is 1.33 bits per heavy atom. The number of hydrogen-bond donors (Lipinski definition) is 1. The summed E-state index contributed by atoms with van der Waals surface area (Å²) in [5.41, 5.74) is 1.07. The monoisotopic (exact) mass is 182 g/mol. The number of hydrogen-bond acceptors (Lipinski definition) is 1. The molecule has 2 heteroatoms. The molecule has 0 bridgehead atoms. The maximum Gasteiger partial charge on any atom is 0.0859 e. The van der Waals surface area contributed by atoms with Crippen LogP contribution >= 0.6 is 11.6 Å². The van der Waals surface area contributed by atoms with Crippen molar-refractivity contribution in [2.45, 2.75) is 6.10 Å². The molecule has 1 aromatic rings. The Morgan fingerprint density at radius 3 is 2.58 bits per heavy atom. The predicted octanol–water partition coefficient (Wildman–Crippen LogP) is 2.30. The van der Waals surface area contributed by atoms with Crippen LogP contribution in [0.3, 0.4) is 0 Å². The first-order valence-electron chi connectivity index (χ1n) is 3.80. The topological polar surface area (TPSA) is 20.2 Å². The second kappa shape index (κ2) is 4.96. The summed E-state index contributed by atoms with van der Waals surface area (Å²) in [4.78, 5) is 0. The molecule has 64 valence electrons. The first-order valence-corrected chi connectivity index (χ1v) is 4.33. The van der Waals surface area contributed by atoms with Crippen LogP contribution in [-0.4, -0.2) is 17.1 Å². The van der Waals surface area contributed by atoms with E-state index in [1.807, 2.05) is 36.4 Å². The standard InChI is InChI=1S/C10H11ClO/c11-8-10(12)7-6-9-4-2-1-3-5-9/h1-7,10,12H,8H2/b7-6+. The molecule has 0 aromatic heterocycles. The van der Waals surface area contributed by atoms with Crippen molar-refractivity contribution in [1.29, 1.82) is 0 Å². The van der Waals surface area contributed by atoms with Crippen molar-refractivity contribution < 1.29 is 5.11 Å². The quantitative estimate of drug-likeness (QED) is 0.712. The number of aliphatic hydroxyl groups is 1. The van der Waals surface area contributed by atoms with Crippen LogP contribution in [0.5, 0.6) is 0 Å². The fourth-order valence-corrected chi connectivity index (χ4v) is 0.941. The Morgan fingerprint density at radius 2 is 2.00 bits per heavy atom. The zero-order chi connectivity index (χ0) is 8.81. The van der Waals surface area contributed by atoms with Gasteiger partial charge in [-0.15, -0.1) is 11.6 Å². The van der Waals surface area contributed by atoms with Crippen LogP contribution in [0.25, 0.3) is 6.08 Å². The number of halogens is 1. The van der Waals surface area contributed by atoms with E-state index in [2.05, 4.69) is 0 Å². The second-order valence-electron chi connectivity index (χ2n) is 2.49. The van der Waals surface area contributed by atoms with Crippen LogP contribution in [0, 0.1) is 0 Å². The molecule has 0 amide bonds. The van der Waals surface area contributed by atoms with Gasteiger partial charge in [0.1, 0.15) is 0 Å². The Balaban J connectivity index is 2.58. The molecule has 0 saturated carbocycles. The molecule has 0 fully saturated rings. The molecule has 1 N–H and O–H groups in total. The minimum absolute atomic E-state index is 0.239. The minimum atomic E-state index is -0.549. The van der Waals surface area contributed by atoms with E-state index in [-0.39, 0.29) is 5.88 Å². The summed E-state index contributed by atoms with van der Waals surface area (Å²) in [6.07, 6.45) is 2.99. The van der Waals surface area contributed by atoms with Gasteiger partial charge in [0.2, 0.25) is 0 Å². The Kier molecular flexibility index (Phi) is 3.85. The number of aliphatic hydroxyl groups excluding tert-OH is 1. The van der Waals surface area contributed by atoms with E-state index in [1.165, 1.54) is 0 Å². The van der Waals surface area contributed by atoms with E-state index in [4.69, 9.17) is 16.7 Å². The van der Waals surface area contributed by atoms with Gasteiger partial charge in [0, 0.05) is 0 Å². The highest BCUT2D eigenvalue weighted by molar-refractivity contribution is 6.18. The molecule has 0 saturated heterocycles. The molecule has 1 unspecified atom stereocenters. The number of rotatable bonds is 3. The summed E-state index contributed by atoms with van der Waals surface area (Å²) < 4.78 is 0. The van der Waals surface area contributed by atoms with Crippen LogP contribution in [0.2, 0.25) is 0 Å². The van der Waals surface area contributed by atoms with E-state index >= 15 is 0 Å². The predicted molar refractivity (Wildman–Crippen MR) is 52.2 cm³/mol. The SMILES string of the molecule is OC(/C=C/c1ccccc1)CCl. The van der Waals surface area contributed by atoms with Gasteiger partial charge in [0.15, 0.2) is 0 Å². The van der Waals surface area contributed by atoms with Crippen molar-refractivity contribution in [3.05, 3.63) is 42.0 Å². The maximum atomic E-state index is 9.10. The Labute approximate surface area is 77.3 Å². The van der Waals surface area contributed by atoms with E-state index in [9.17, 15) is 0 Å². The fourth-order valence-electron chi connectivity index (χ4n) is 0.838. The summed E-state index contributed by atoms with van der Waals surface area (Å²) in [5.74, 6) is 0.239. The molecule has 0 aliphatic carbocycles. The molecule has 0 aliphatic rings. The van der Waals surface area contributed by atoms with Gasteiger partial charge in [-0.3, -0.25) is 0 Å². The molecule has 0 radical (unpaired) electrons. The van der Waals surface area contributed by atoms with Gasteiger partial charge in [-0.25, -0.2) is 0 Å². The highest BCUT2D eigenvalue weighted by Crippen LogP contribution is 2.02. The summed E-state index contributed by atoms with van der Waals surface area (Å²) in [5, 5.41) is 9.10.